The predicted molar refractivity (Wildman–Crippen MR) is 58.8 cm³/mol. The lowest BCUT2D eigenvalue weighted by Gasteiger charge is -2.30. The Balaban J connectivity index is 2.06. The number of hydrogen-bond donors (Lipinski definition) is 2. The highest BCUT2D eigenvalue weighted by Gasteiger charge is 2.17. The van der Waals surface area contributed by atoms with Crippen LogP contribution in [0.25, 0.3) is 0 Å². The summed E-state index contributed by atoms with van der Waals surface area (Å²) >= 11 is 0. The lowest BCUT2D eigenvalue weighted by molar-refractivity contribution is -0.120. The molecule has 1 amide bonds. The summed E-state index contributed by atoms with van der Waals surface area (Å²) in [5.41, 5.74) is 0. The summed E-state index contributed by atoms with van der Waals surface area (Å²) < 4.78 is 5.55. The molecule has 0 aromatic rings. The summed E-state index contributed by atoms with van der Waals surface area (Å²) in [6.45, 7) is 6.42. The third-order valence-corrected chi connectivity index (χ3v) is 2.37. The maximum Gasteiger partial charge on any atom is 0.233 e. The smallest absolute Gasteiger partial charge is 0.233 e. The fourth-order valence-corrected chi connectivity index (χ4v) is 1.60. The molecule has 5 heteroatoms. The third kappa shape index (κ3) is 5.11. The molecule has 15 heavy (non-hydrogen) atoms. The SMILES string of the molecule is CCNC(=O)CNCC1CN(C)CCO1. The lowest BCUT2D eigenvalue weighted by Crippen LogP contribution is -2.46. The molecule has 1 unspecified atom stereocenters. The highest BCUT2D eigenvalue weighted by Crippen LogP contribution is 2.00. The molecule has 1 heterocycles. The zero-order valence-corrected chi connectivity index (χ0v) is 9.58. The summed E-state index contributed by atoms with van der Waals surface area (Å²) in [5.74, 6) is 0.0432. The van der Waals surface area contributed by atoms with Crippen LogP contribution < -0.4 is 10.6 Å². The Labute approximate surface area is 91.2 Å². The van der Waals surface area contributed by atoms with Crippen molar-refractivity contribution in [2.75, 3.05) is 46.4 Å². The average molecular weight is 215 g/mol. The molecule has 1 aliphatic heterocycles. The van der Waals surface area contributed by atoms with Gasteiger partial charge < -0.3 is 20.3 Å². The van der Waals surface area contributed by atoms with E-state index in [-0.39, 0.29) is 12.0 Å². The van der Waals surface area contributed by atoms with Crippen molar-refractivity contribution in [1.82, 2.24) is 15.5 Å². The second-order valence-electron chi connectivity index (χ2n) is 3.84. The Morgan fingerprint density at radius 2 is 2.40 bits per heavy atom. The Kier molecular flexibility index (Phi) is 5.60. The van der Waals surface area contributed by atoms with Crippen LogP contribution >= 0.6 is 0 Å². The monoisotopic (exact) mass is 215 g/mol. The van der Waals surface area contributed by atoms with Gasteiger partial charge in [0.1, 0.15) is 0 Å². The van der Waals surface area contributed by atoms with Gasteiger partial charge in [0.2, 0.25) is 5.91 Å². The van der Waals surface area contributed by atoms with Crippen LogP contribution in [0.5, 0.6) is 0 Å². The van der Waals surface area contributed by atoms with Gasteiger partial charge in [-0.3, -0.25) is 4.79 Å². The molecule has 1 fully saturated rings. The van der Waals surface area contributed by atoms with E-state index in [0.717, 1.165) is 26.2 Å². The normalized spacial score (nSPS) is 22.7. The molecule has 0 bridgehead atoms. The van der Waals surface area contributed by atoms with Crippen molar-refractivity contribution >= 4 is 5.91 Å². The Morgan fingerprint density at radius 3 is 3.07 bits per heavy atom. The number of carbonyl (C=O) groups excluding carboxylic acids is 1. The van der Waals surface area contributed by atoms with E-state index in [4.69, 9.17) is 4.74 Å². The Bertz CT molecular complexity index is 199. The van der Waals surface area contributed by atoms with Crippen molar-refractivity contribution in [3.8, 4) is 0 Å². The van der Waals surface area contributed by atoms with Crippen molar-refractivity contribution in [1.29, 1.82) is 0 Å². The third-order valence-electron chi connectivity index (χ3n) is 2.37. The lowest BCUT2D eigenvalue weighted by atomic mass is 10.3. The molecular weight excluding hydrogens is 194 g/mol. The van der Waals surface area contributed by atoms with Crippen LogP contribution in [0.4, 0.5) is 0 Å². The van der Waals surface area contributed by atoms with Gasteiger partial charge in [-0.05, 0) is 14.0 Å². The van der Waals surface area contributed by atoms with Gasteiger partial charge in [-0.2, -0.15) is 0 Å². The Hall–Kier alpha value is -0.650. The number of morpholine rings is 1. The molecule has 1 atom stereocenters. The summed E-state index contributed by atoms with van der Waals surface area (Å²) in [5, 5.41) is 5.84. The van der Waals surface area contributed by atoms with Crippen molar-refractivity contribution in [3.05, 3.63) is 0 Å². The van der Waals surface area contributed by atoms with Crippen LogP contribution in [0.15, 0.2) is 0 Å². The first kappa shape index (κ1) is 12.4. The molecule has 0 saturated carbocycles. The van der Waals surface area contributed by atoms with Crippen LogP contribution in [0, 0.1) is 0 Å². The molecule has 1 aliphatic rings. The molecule has 5 nitrogen and oxygen atoms in total. The molecule has 0 aromatic carbocycles. The van der Waals surface area contributed by atoms with Crippen LogP contribution in [0.2, 0.25) is 0 Å². The number of ether oxygens (including phenoxy) is 1. The summed E-state index contributed by atoms with van der Waals surface area (Å²) in [4.78, 5) is 13.4. The van der Waals surface area contributed by atoms with Crippen LogP contribution in [0.3, 0.4) is 0 Å². The molecule has 2 N–H and O–H groups in total. The average Bonchev–Trinajstić information content (AvgIpc) is 2.18. The molecule has 0 spiro atoms. The minimum absolute atomic E-state index is 0.0432. The van der Waals surface area contributed by atoms with Crippen LogP contribution in [-0.4, -0.2) is 63.3 Å². The van der Waals surface area contributed by atoms with Gasteiger partial charge in [0, 0.05) is 26.2 Å². The van der Waals surface area contributed by atoms with E-state index < -0.39 is 0 Å². The van der Waals surface area contributed by atoms with Crippen LogP contribution in [-0.2, 0) is 9.53 Å². The first-order chi connectivity index (χ1) is 7.22. The first-order valence-corrected chi connectivity index (χ1v) is 5.50. The number of likely N-dealkylation sites (N-methyl/N-ethyl adjacent to an activating group) is 2. The maximum atomic E-state index is 11.1. The topological polar surface area (TPSA) is 53.6 Å². The van der Waals surface area contributed by atoms with Crippen molar-refractivity contribution in [3.63, 3.8) is 0 Å². The van der Waals surface area contributed by atoms with E-state index in [9.17, 15) is 4.79 Å². The van der Waals surface area contributed by atoms with E-state index in [1.54, 1.807) is 0 Å². The summed E-state index contributed by atoms with van der Waals surface area (Å²) in [6, 6.07) is 0. The minimum atomic E-state index is 0.0432. The molecule has 0 aromatic heterocycles. The van der Waals surface area contributed by atoms with Crippen molar-refractivity contribution in [2.45, 2.75) is 13.0 Å². The molecular formula is C10H21N3O2. The van der Waals surface area contributed by atoms with E-state index in [0.29, 0.717) is 13.1 Å². The molecule has 0 radical (unpaired) electrons. The zero-order chi connectivity index (χ0) is 11.1. The standard InChI is InChI=1S/C10H21N3O2/c1-3-12-10(14)7-11-6-9-8-13(2)4-5-15-9/h9,11H,3-8H2,1-2H3,(H,12,14). The van der Waals surface area contributed by atoms with Crippen LogP contribution in [0.1, 0.15) is 6.92 Å². The van der Waals surface area contributed by atoms with Gasteiger partial charge in [0.25, 0.3) is 0 Å². The van der Waals surface area contributed by atoms with Gasteiger partial charge in [-0.15, -0.1) is 0 Å². The van der Waals surface area contributed by atoms with E-state index in [1.165, 1.54) is 0 Å². The number of carbonyl (C=O) groups is 1. The van der Waals surface area contributed by atoms with Gasteiger partial charge in [0.05, 0.1) is 19.3 Å². The van der Waals surface area contributed by atoms with E-state index in [2.05, 4.69) is 22.6 Å². The highest BCUT2D eigenvalue weighted by atomic mass is 16.5. The van der Waals surface area contributed by atoms with E-state index in [1.807, 2.05) is 6.92 Å². The minimum Gasteiger partial charge on any atom is -0.374 e. The number of nitrogens with zero attached hydrogens (tertiary/aromatic N) is 1. The van der Waals surface area contributed by atoms with E-state index >= 15 is 0 Å². The zero-order valence-electron chi connectivity index (χ0n) is 9.58. The van der Waals surface area contributed by atoms with Gasteiger partial charge in [0.15, 0.2) is 0 Å². The van der Waals surface area contributed by atoms with Gasteiger partial charge in [-0.25, -0.2) is 0 Å². The van der Waals surface area contributed by atoms with Gasteiger partial charge in [-0.1, -0.05) is 0 Å². The molecule has 88 valence electrons. The first-order valence-electron chi connectivity index (χ1n) is 5.50. The molecule has 1 saturated heterocycles. The second kappa shape index (κ2) is 6.76. The van der Waals surface area contributed by atoms with Crippen molar-refractivity contribution in [2.24, 2.45) is 0 Å². The predicted octanol–water partition coefficient (Wildman–Crippen LogP) is -0.957. The maximum absolute atomic E-state index is 11.1. The quantitative estimate of drug-likeness (QED) is 0.620. The number of hydrogen-bond acceptors (Lipinski definition) is 4. The Morgan fingerprint density at radius 1 is 1.60 bits per heavy atom. The van der Waals surface area contributed by atoms with Crippen molar-refractivity contribution < 1.29 is 9.53 Å². The molecule has 0 aliphatic carbocycles. The van der Waals surface area contributed by atoms with Gasteiger partial charge >= 0.3 is 0 Å². The largest absolute Gasteiger partial charge is 0.374 e. The number of nitrogens with one attached hydrogen (secondary N) is 2. The second-order valence-corrected chi connectivity index (χ2v) is 3.84. The summed E-state index contributed by atoms with van der Waals surface area (Å²) in [7, 11) is 2.08. The molecule has 1 rings (SSSR count). The summed E-state index contributed by atoms with van der Waals surface area (Å²) in [6.07, 6.45) is 0.207. The highest BCUT2D eigenvalue weighted by molar-refractivity contribution is 5.77. The number of rotatable bonds is 5. The fraction of sp³-hybridized carbons (Fsp3) is 0.900. The fourth-order valence-electron chi connectivity index (χ4n) is 1.60. The number of amides is 1.